The van der Waals surface area contributed by atoms with E-state index >= 15 is 0 Å². The molecule has 0 aliphatic carbocycles. The molecular formula is C28H33N3O7S. The van der Waals surface area contributed by atoms with Crippen molar-refractivity contribution in [2.45, 2.75) is 25.7 Å². The number of hydrazone groups is 1. The van der Waals surface area contributed by atoms with Gasteiger partial charge in [-0.15, -0.1) is 0 Å². The highest BCUT2D eigenvalue weighted by Gasteiger charge is 2.31. The minimum Gasteiger partial charge on any atom is -0.497 e. The minimum atomic E-state index is -4.31. The molecule has 0 bridgehead atoms. The van der Waals surface area contributed by atoms with Gasteiger partial charge in [-0.2, -0.15) is 5.10 Å². The van der Waals surface area contributed by atoms with Gasteiger partial charge >= 0.3 is 0 Å². The normalized spacial score (nSPS) is 11.3. The first-order valence-electron chi connectivity index (χ1n) is 11.9. The first kappa shape index (κ1) is 29.3. The lowest BCUT2D eigenvalue weighted by Crippen LogP contribution is -2.39. The number of nitrogens with zero attached hydrogens (tertiary/aromatic N) is 2. The topological polar surface area (TPSA) is 116 Å². The van der Waals surface area contributed by atoms with E-state index in [-0.39, 0.29) is 22.1 Å². The third-order valence-electron chi connectivity index (χ3n) is 6.38. The summed E-state index contributed by atoms with van der Waals surface area (Å²) in [5, 5.41) is 4.06. The highest BCUT2D eigenvalue weighted by atomic mass is 32.2. The maximum Gasteiger partial charge on any atom is 0.265 e. The summed E-state index contributed by atoms with van der Waals surface area (Å²) >= 11 is 0. The molecule has 0 heterocycles. The van der Waals surface area contributed by atoms with E-state index in [1.54, 1.807) is 12.1 Å². The van der Waals surface area contributed by atoms with Crippen molar-refractivity contribution in [3.63, 3.8) is 0 Å². The van der Waals surface area contributed by atoms with Crippen molar-refractivity contribution in [3.8, 4) is 23.0 Å². The fourth-order valence-electron chi connectivity index (χ4n) is 3.85. The highest BCUT2D eigenvalue weighted by Crippen LogP contribution is 2.37. The van der Waals surface area contributed by atoms with Crippen LogP contribution in [0.5, 0.6) is 23.0 Å². The van der Waals surface area contributed by atoms with Crippen LogP contribution in [0, 0.1) is 20.8 Å². The number of hydrogen-bond donors (Lipinski definition) is 1. The highest BCUT2D eigenvalue weighted by molar-refractivity contribution is 7.92. The van der Waals surface area contributed by atoms with E-state index < -0.39 is 22.5 Å². The SMILES string of the molecule is COc1ccc(OC)c(N(CC(=O)N/N=C\c2ccc(C)c(C)c2C)S(=O)(=O)c2ccc(OC)c(OC)c2)c1. The summed E-state index contributed by atoms with van der Waals surface area (Å²) in [4.78, 5) is 12.9. The molecule has 0 radical (unpaired) electrons. The Morgan fingerprint density at radius 3 is 2.15 bits per heavy atom. The molecule has 3 aromatic rings. The van der Waals surface area contributed by atoms with Crippen LogP contribution in [0.25, 0.3) is 0 Å². The van der Waals surface area contributed by atoms with E-state index in [4.69, 9.17) is 18.9 Å². The molecule has 0 aliphatic heterocycles. The second-order valence-electron chi connectivity index (χ2n) is 8.58. The number of methoxy groups -OCH3 is 4. The number of ether oxygens (including phenoxy) is 4. The molecule has 3 rings (SSSR count). The van der Waals surface area contributed by atoms with Crippen molar-refractivity contribution in [1.29, 1.82) is 0 Å². The van der Waals surface area contributed by atoms with Crippen molar-refractivity contribution < 1.29 is 32.2 Å². The predicted octanol–water partition coefficient (Wildman–Crippen LogP) is 3.99. The van der Waals surface area contributed by atoms with E-state index in [1.165, 1.54) is 58.9 Å². The van der Waals surface area contributed by atoms with Crippen LogP contribution in [0.3, 0.4) is 0 Å². The average Bonchev–Trinajstić information content (AvgIpc) is 2.94. The Hall–Kier alpha value is -4.25. The standard InChI is InChI=1S/C28H33N3O7S/c1-18-8-9-21(20(3)19(18)2)16-29-30-28(32)17-31(24-14-22(35-4)10-12-25(24)36-5)39(33,34)23-11-13-26(37-6)27(15-23)38-7/h8-16H,17H2,1-7H3,(H,30,32)/b29-16-. The molecular weight excluding hydrogens is 522 g/mol. The van der Waals surface area contributed by atoms with Gasteiger partial charge in [0.2, 0.25) is 0 Å². The lowest BCUT2D eigenvalue weighted by atomic mass is 10.00. The third kappa shape index (κ3) is 6.43. The summed E-state index contributed by atoms with van der Waals surface area (Å²) < 4.78 is 50.0. The average molecular weight is 556 g/mol. The molecule has 0 spiro atoms. The Bertz CT molecular complexity index is 1490. The van der Waals surface area contributed by atoms with E-state index in [9.17, 15) is 13.2 Å². The van der Waals surface area contributed by atoms with Crippen LogP contribution in [0.4, 0.5) is 5.69 Å². The fourth-order valence-corrected chi connectivity index (χ4v) is 5.29. The lowest BCUT2D eigenvalue weighted by Gasteiger charge is -2.26. The number of rotatable bonds is 11. The van der Waals surface area contributed by atoms with Gasteiger partial charge in [0.15, 0.2) is 11.5 Å². The van der Waals surface area contributed by atoms with Gasteiger partial charge in [0.05, 0.1) is 45.2 Å². The van der Waals surface area contributed by atoms with Gasteiger partial charge < -0.3 is 18.9 Å². The zero-order valence-electron chi connectivity index (χ0n) is 23.1. The fraction of sp³-hybridized carbons (Fsp3) is 0.286. The van der Waals surface area contributed by atoms with Crippen molar-refractivity contribution in [2.24, 2.45) is 5.10 Å². The maximum absolute atomic E-state index is 13.9. The van der Waals surface area contributed by atoms with Crippen LogP contribution < -0.4 is 28.7 Å². The number of amides is 1. The molecule has 0 atom stereocenters. The molecule has 0 fully saturated rings. The van der Waals surface area contributed by atoms with Gasteiger partial charge in [0.25, 0.3) is 15.9 Å². The van der Waals surface area contributed by atoms with E-state index in [0.29, 0.717) is 11.5 Å². The summed E-state index contributed by atoms with van der Waals surface area (Å²) in [5.41, 5.74) is 6.69. The Morgan fingerprint density at radius 2 is 1.51 bits per heavy atom. The van der Waals surface area contributed by atoms with Crippen LogP contribution >= 0.6 is 0 Å². The third-order valence-corrected chi connectivity index (χ3v) is 8.13. The van der Waals surface area contributed by atoms with Crippen LogP contribution in [0.15, 0.2) is 58.5 Å². The summed E-state index contributed by atoms with van der Waals surface area (Å²) in [5.74, 6) is 0.509. The summed E-state index contributed by atoms with van der Waals surface area (Å²) in [6.45, 7) is 5.41. The van der Waals surface area contributed by atoms with Crippen molar-refractivity contribution in [2.75, 3.05) is 39.3 Å². The molecule has 0 unspecified atom stereocenters. The lowest BCUT2D eigenvalue weighted by molar-refractivity contribution is -0.119. The molecule has 0 saturated heterocycles. The Kier molecular flexibility index (Phi) is 9.42. The number of hydrogen-bond acceptors (Lipinski definition) is 8. The van der Waals surface area contributed by atoms with Crippen LogP contribution in [-0.2, 0) is 14.8 Å². The molecule has 0 saturated carbocycles. The zero-order chi connectivity index (χ0) is 28.7. The van der Waals surface area contributed by atoms with Gasteiger partial charge in [0, 0.05) is 12.1 Å². The van der Waals surface area contributed by atoms with Crippen molar-refractivity contribution in [1.82, 2.24) is 5.43 Å². The molecule has 208 valence electrons. The number of carbonyl (C=O) groups excluding carboxylic acids is 1. The predicted molar refractivity (Wildman–Crippen MR) is 150 cm³/mol. The molecule has 0 aromatic heterocycles. The Morgan fingerprint density at radius 1 is 0.846 bits per heavy atom. The number of nitrogens with one attached hydrogen (secondary N) is 1. The number of benzene rings is 3. The van der Waals surface area contributed by atoms with Crippen LogP contribution in [0.2, 0.25) is 0 Å². The van der Waals surface area contributed by atoms with E-state index in [0.717, 1.165) is 26.6 Å². The number of aryl methyl sites for hydroxylation is 1. The first-order valence-corrected chi connectivity index (χ1v) is 13.4. The molecule has 39 heavy (non-hydrogen) atoms. The Balaban J connectivity index is 2.01. The van der Waals surface area contributed by atoms with Crippen molar-refractivity contribution >= 4 is 27.8 Å². The monoisotopic (exact) mass is 555 g/mol. The van der Waals surface area contributed by atoms with Crippen molar-refractivity contribution in [3.05, 3.63) is 70.8 Å². The van der Waals surface area contributed by atoms with Gasteiger partial charge in [-0.3, -0.25) is 9.10 Å². The molecule has 11 heteroatoms. The number of sulfonamides is 1. The summed E-state index contributed by atoms with van der Waals surface area (Å²) in [6.07, 6.45) is 1.53. The van der Waals surface area contributed by atoms with Crippen LogP contribution in [-0.4, -0.2) is 55.5 Å². The number of anilines is 1. The second kappa shape index (κ2) is 12.5. The molecule has 0 aliphatic rings. The molecule has 1 amide bonds. The number of carbonyl (C=O) groups is 1. The largest absolute Gasteiger partial charge is 0.497 e. The second-order valence-corrected chi connectivity index (χ2v) is 10.4. The summed E-state index contributed by atoms with van der Waals surface area (Å²) in [7, 11) is 1.40. The molecule has 3 aromatic carbocycles. The van der Waals surface area contributed by atoms with Gasteiger partial charge in [-0.05, 0) is 67.3 Å². The molecule has 1 N–H and O–H groups in total. The Labute approximate surface area is 229 Å². The quantitative estimate of drug-likeness (QED) is 0.281. The molecule has 10 nitrogen and oxygen atoms in total. The zero-order valence-corrected chi connectivity index (χ0v) is 23.9. The van der Waals surface area contributed by atoms with Gasteiger partial charge in [0.1, 0.15) is 18.0 Å². The van der Waals surface area contributed by atoms with Crippen LogP contribution in [0.1, 0.15) is 22.3 Å². The van der Waals surface area contributed by atoms with Gasteiger partial charge in [-0.1, -0.05) is 12.1 Å². The minimum absolute atomic E-state index is 0.107. The van der Waals surface area contributed by atoms with Gasteiger partial charge in [-0.25, -0.2) is 13.8 Å². The van der Waals surface area contributed by atoms with E-state index in [2.05, 4.69) is 10.5 Å². The summed E-state index contributed by atoms with van der Waals surface area (Å²) in [6, 6.07) is 12.7. The van der Waals surface area contributed by atoms with E-state index in [1.807, 2.05) is 32.9 Å². The smallest absolute Gasteiger partial charge is 0.265 e. The maximum atomic E-state index is 13.9. The first-order chi connectivity index (χ1) is 18.6.